The van der Waals surface area contributed by atoms with Crippen LogP contribution in [0, 0.1) is 0 Å². The SMILES string of the molecule is Nc1ccc(Oc2nccn(C3CC3)c2=O)c(Cl)c1. The van der Waals surface area contributed by atoms with E-state index in [1.165, 1.54) is 0 Å². The van der Waals surface area contributed by atoms with Crippen molar-refractivity contribution in [3.8, 4) is 11.6 Å². The molecular weight excluding hydrogens is 266 g/mol. The molecule has 19 heavy (non-hydrogen) atoms. The Balaban J connectivity index is 1.95. The fourth-order valence-corrected chi connectivity index (χ4v) is 2.05. The van der Waals surface area contributed by atoms with Crippen LogP contribution in [0.15, 0.2) is 35.4 Å². The zero-order valence-corrected chi connectivity index (χ0v) is 10.8. The standard InChI is InChI=1S/C13H12ClN3O2/c14-10-7-8(15)1-4-11(10)19-12-13(18)17(6-5-16-12)9-2-3-9/h1,4-7,9H,2-3,15H2. The van der Waals surface area contributed by atoms with E-state index in [0.717, 1.165) is 12.8 Å². The molecule has 6 heteroatoms. The number of nitrogen functional groups attached to an aromatic ring is 1. The quantitative estimate of drug-likeness (QED) is 0.876. The number of nitrogens with two attached hydrogens (primary N) is 1. The highest BCUT2D eigenvalue weighted by Crippen LogP contribution is 2.34. The van der Waals surface area contributed by atoms with Crippen LogP contribution in [0.5, 0.6) is 11.6 Å². The largest absolute Gasteiger partial charge is 0.433 e. The Bertz CT molecular complexity index is 680. The molecule has 0 unspecified atom stereocenters. The molecule has 1 saturated carbocycles. The van der Waals surface area contributed by atoms with Crippen LogP contribution in [-0.4, -0.2) is 9.55 Å². The molecule has 1 aromatic heterocycles. The molecule has 2 aromatic rings. The van der Waals surface area contributed by atoms with Gasteiger partial charge in [0, 0.05) is 24.1 Å². The number of rotatable bonds is 3. The Kier molecular flexibility index (Phi) is 2.91. The van der Waals surface area contributed by atoms with Gasteiger partial charge >= 0.3 is 5.56 Å². The fraction of sp³-hybridized carbons (Fsp3) is 0.231. The highest BCUT2D eigenvalue weighted by atomic mass is 35.5. The summed E-state index contributed by atoms with van der Waals surface area (Å²) in [7, 11) is 0. The summed E-state index contributed by atoms with van der Waals surface area (Å²) in [6.07, 6.45) is 5.27. The highest BCUT2D eigenvalue weighted by molar-refractivity contribution is 6.32. The maximum Gasteiger partial charge on any atom is 0.313 e. The first-order valence-corrected chi connectivity index (χ1v) is 6.33. The lowest BCUT2D eigenvalue weighted by Gasteiger charge is -2.08. The molecule has 3 rings (SSSR count). The Morgan fingerprint density at radius 2 is 2.21 bits per heavy atom. The maximum atomic E-state index is 12.1. The first-order valence-electron chi connectivity index (χ1n) is 5.95. The van der Waals surface area contributed by atoms with Crippen LogP contribution in [0.4, 0.5) is 5.69 Å². The van der Waals surface area contributed by atoms with Crippen molar-refractivity contribution in [3.05, 3.63) is 46.0 Å². The molecule has 1 heterocycles. The second-order valence-electron chi connectivity index (χ2n) is 4.47. The van der Waals surface area contributed by atoms with Crippen LogP contribution in [0.25, 0.3) is 0 Å². The van der Waals surface area contributed by atoms with Gasteiger partial charge in [0.15, 0.2) is 0 Å². The van der Waals surface area contributed by atoms with E-state index in [1.54, 1.807) is 35.2 Å². The van der Waals surface area contributed by atoms with Crippen LogP contribution >= 0.6 is 11.6 Å². The van der Waals surface area contributed by atoms with E-state index < -0.39 is 0 Å². The second kappa shape index (κ2) is 4.59. The molecule has 98 valence electrons. The number of hydrogen-bond donors (Lipinski definition) is 1. The van der Waals surface area contributed by atoms with Gasteiger partial charge in [0.25, 0.3) is 5.88 Å². The minimum absolute atomic E-state index is 0.0288. The molecule has 0 atom stereocenters. The van der Waals surface area contributed by atoms with Gasteiger partial charge in [0.05, 0.1) is 5.02 Å². The van der Waals surface area contributed by atoms with Gasteiger partial charge in [-0.2, -0.15) is 0 Å². The number of benzene rings is 1. The van der Waals surface area contributed by atoms with E-state index in [1.807, 2.05) is 0 Å². The van der Waals surface area contributed by atoms with Crippen molar-refractivity contribution >= 4 is 17.3 Å². The number of halogens is 1. The molecule has 1 aliphatic rings. The molecule has 0 saturated heterocycles. The number of nitrogens with zero attached hydrogens (tertiary/aromatic N) is 2. The van der Waals surface area contributed by atoms with Crippen LogP contribution < -0.4 is 16.0 Å². The molecule has 1 fully saturated rings. The summed E-state index contributed by atoms with van der Waals surface area (Å²) in [4.78, 5) is 16.1. The Morgan fingerprint density at radius 1 is 1.42 bits per heavy atom. The molecule has 1 aromatic carbocycles. The molecule has 0 aliphatic heterocycles. The van der Waals surface area contributed by atoms with Crippen molar-refractivity contribution in [2.75, 3.05) is 5.73 Å². The molecule has 0 amide bonds. The van der Waals surface area contributed by atoms with Crippen molar-refractivity contribution in [2.24, 2.45) is 0 Å². The molecule has 5 nitrogen and oxygen atoms in total. The summed E-state index contributed by atoms with van der Waals surface area (Å²) < 4.78 is 7.13. The zero-order chi connectivity index (χ0) is 13.4. The van der Waals surface area contributed by atoms with Crippen LogP contribution in [-0.2, 0) is 0 Å². The summed E-state index contributed by atoms with van der Waals surface area (Å²) in [5, 5.41) is 0.350. The topological polar surface area (TPSA) is 70.1 Å². The lowest BCUT2D eigenvalue weighted by Crippen LogP contribution is -2.20. The van der Waals surface area contributed by atoms with Crippen LogP contribution in [0.3, 0.4) is 0 Å². The van der Waals surface area contributed by atoms with Gasteiger partial charge in [-0.05, 0) is 31.0 Å². The molecule has 0 bridgehead atoms. The first-order chi connectivity index (χ1) is 9.15. The third-order valence-electron chi connectivity index (χ3n) is 2.94. The van der Waals surface area contributed by atoms with Crippen molar-refractivity contribution in [2.45, 2.75) is 18.9 Å². The van der Waals surface area contributed by atoms with Gasteiger partial charge < -0.3 is 15.0 Å². The normalized spacial score (nSPS) is 14.4. The van der Waals surface area contributed by atoms with E-state index in [-0.39, 0.29) is 17.5 Å². The molecule has 0 radical (unpaired) electrons. The van der Waals surface area contributed by atoms with Gasteiger partial charge in [0.2, 0.25) is 0 Å². The van der Waals surface area contributed by atoms with E-state index >= 15 is 0 Å². The smallest absolute Gasteiger partial charge is 0.313 e. The highest BCUT2D eigenvalue weighted by Gasteiger charge is 2.25. The number of hydrogen-bond acceptors (Lipinski definition) is 4. The fourth-order valence-electron chi connectivity index (χ4n) is 1.82. The Labute approximate surface area is 114 Å². The lowest BCUT2D eigenvalue weighted by molar-refractivity contribution is 0.445. The van der Waals surface area contributed by atoms with Crippen molar-refractivity contribution < 1.29 is 4.74 Å². The summed E-state index contributed by atoms with van der Waals surface area (Å²) in [6.45, 7) is 0. The van der Waals surface area contributed by atoms with E-state index in [9.17, 15) is 4.79 Å². The number of aromatic nitrogens is 2. The first kappa shape index (κ1) is 12.0. The summed E-state index contributed by atoms with van der Waals surface area (Å²) in [5.74, 6) is 0.398. The predicted molar refractivity (Wildman–Crippen MR) is 72.7 cm³/mol. The molecule has 2 N–H and O–H groups in total. The summed E-state index contributed by atoms with van der Waals surface area (Å²) >= 11 is 6.00. The van der Waals surface area contributed by atoms with Gasteiger partial charge in [-0.15, -0.1) is 0 Å². The maximum absolute atomic E-state index is 12.1. The van der Waals surface area contributed by atoms with E-state index in [4.69, 9.17) is 22.1 Å². The molecule has 1 aliphatic carbocycles. The minimum Gasteiger partial charge on any atom is -0.433 e. The van der Waals surface area contributed by atoms with Crippen molar-refractivity contribution in [1.82, 2.24) is 9.55 Å². The Hall–Kier alpha value is -2.01. The minimum atomic E-state index is -0.238. The third-order valence-corrected chi connectivity index (χ3v) is 3.23. The van der Waals surface area contributed by atoms with Gasteiger partial charge in [-0.1, -0.05) is 11.6 Å². The monoisotopic (exact) mass is 277 g/mol. The third kappa shape index (κ3) is 2.42. The average Bonchev–Trinajstić information content (AvgIpc) is 3.19. The van der Waals surface area contributed by atoms with Crippen LogP contribution in [0.1, 0.15) is 18.9 Å². The zero-order valence-electron chi connectivity index (χ0n) is 10.0. The van der Waals surface area contributed by atoms with E-state index in [0.29, 0.717) is 16.5 Å². The van der Waals surface area contributed by atoms with E-state index in [2.05, 4.69) is 4.98 Å². The second-order valence-corrected chi connectivity index (χ2v) is 4.88. The number of ether oxygens (including phenoxy) is 1. The molecular formula is C13H12ClN3O2. The van der Waals surface area contributed by atoms with Gasteiger partial charge in [-0.3, -0.25) is 4.79 Å². The van der Waals surface area contributed by atoms with Crippen molar-refractivity contribution in [1.29, 1.82) is 0 Å². The summed E-state index contributed by atoms with van der Waals surface area (Å²) in [5.41, 5.74) is 5.90. The predicted octanol–water partition coefficient (Wildman–Crippen LogP) is 2.61. The lowest BCUT2D eigenvalue weighted by atomic mass is 10.3. The Morgan fingerprint density at radius 3 is 2.89 bits per heavy atom. The van der Waals surface area contributed by atoms with Crippen molar-refractivity contribution in [3.63, 3.8) is 0 Å². The van der Waals surface area contributed by atoms with Crippen LogP contribution in [0.2, 0.25) is 5.02 Å². The molecule has 0 spiro atoms. The average molecular weight is 278 g/mol. The van der Waals surface area contributed by atoms with Gasteiger partial charge in [0.1, 0.15) is 5.75 Å². The summed E-state index contributed by atoms with van der Waals surface area (Å²) in [6, 6.07) is 5.12. The number of anilines is 1. The van der Waals surface area contributed by atoms with Gasteiger partial charge in [-0.25, -0.2) is 4.98 Å².